The molecule has 8 nitrogen and oxygen atoms in total. The van der Waals surface area contributed by atoms with Crippen LogP contribution in [0.5, 0.6) is 5.75 Å². The standard InChI is InChI=1S/C9H8ClNO4.C7H5NO2/c10-5-4-6-2-1-3-7(11(14)15)8(6)9(12)13;9-6-3-4-1-2-5(6)8-7(4)10/h1-3H,4-5H2,(H,12,13);1-3,9H,(H,8,10). The summed E-state index contributed by atoms with van der Waals surface area (Å²) in [6.07, 6.45) is 0.296. The van der Waals surface area contributed by atoms with Crippen LogP contribution in [0.3, 0.4) is 0 Å². The first-order valence-electron chi connectivity index (χ1n) is 7.05. The van der Waals surface area contributed by atoms with Crippen molar-refractivity contribution in [1.82, 2.24) is 4.98 Å². The molecule has 130 valence electrons. The number of nitrogens with one attached hydrogen (secondary N) is 1. The van der Waals surface area contributed by atoms with Gasteiger partial charge in [0, 0.05) is 17.3 Å². The van der Waals surface area contributed by atoms with Crippen LogP contribution in [0.15, 0.2) is 41.2 Å². The summed E-state index contributed by atoms with van der Waals surface area (Å²) in [4.78, 5) is 34.1. The number of aryl methyl sites for hydroxylation is 1. The number of hydrogen-bond donors (Lipinski definition) is 3. The number of aromatic amines is 1. The van der Waals surface area contributed by atoms with Crippen LogP contribution in [-0.2, 0) is 6.42 Å². The lowest BCUT2D eigenvalue weighted by molar-refractivity contribution is -0.385. The second kappa shape index (κ2) is 7.63. The van der Waals surface area contributed by atoms with Gasteiger partial charge >= 0.3 is 5.97 Å². The number of phenolic OH excluding ortho intramolecular Hbond substituents is 1. The smallest absolute Gasteiger partial charge is 0.343 e. The summed E-state index contributed by atoms with van der Waals surface area (Å²) in [5.41, 5.74) is 0.0512. The van der Waals surface area contributed by atoms with Crippen LogP contribution in [-0.4, -0.2) is 32.0 Å². The molecule has 0 unspecified atom stereocenters. The highest BCUT2D eigenvalue weighted by Crippen LogP contribution is 2.23. The number of nitro benzene ring substituents is 1. The lowest BCUT2D eigenvalue weighted by Gasteiger charge is -2.04. The van der Waals surface area contributed by atoms with Gasteiger partial charge in [0.1, 0.15) is 11.3 Å². The van der Waals surface area contributed by atoms with Crippen LogP contribution < -0.4 is 5.56 Å². The maximum absolute atomic E-state index is 10.9. The van der Waals surface area contributed by atoms with Gasteiger partial charge in [-0.1, -0.05) is 12.1 Å². The minimum atomic E-state index is -1.30. The molecule has 0 saturated heterocycles. The van der Waals surface area contributed by atoms with Crippen LogP contribution in [0.2, 0.25) is 0 Å². The molecule has 3 N–H and O–H groups in total. The Labute approximate surface area is 145 Å². The Morgan fingerprint density at radius 3 is 2.40 bits per heavy atom. The highest BCUT2D eigenvalue weighted by Gasteiger charge is 2.22. The molecule has 0 aliphatic heterocycles. The third-order valence-electron chi connectivity index (χ3n) is 3.41. The minimum absolute atomic E-state index is 0.136. The maximum Gasteiger partial charge on any atom is 0.343 e. The molecular weight excluding hydrogens is 352 g/mol. The molecule has 9 heteroatoms. The second-order valence-corrected chi connectivity index (χ2v) is 5.38. The topological polar surface area (TPSA) is 134 Å². The average Bonchev–Trinajstić information content (AvgIpc) is 2.56. The number of pyridine rings is 2. The fourth-order valence-corrected chi connectivity index (χ4v) is 2.47. The van der Waals surface area contributed by atoms with Crippen LogP contribution in [0.25, 0.3) is 10.9 Å². The molecule has 0 amide bonds. The van der Waals surface area contributed by atoms with Crippen molar-refractivity contribution in [3.8, 4) is 5.75 Å². The zero-order valence-electron chi connectivity index (χ0n) is 12.7. The minimum Gasteiger partial charge on any atom is -0.506 e. The molecule has 0 aliphatic carbocycles. The third kappa shape index (κ3) is 4.04. The van der Waals surface area contributed by atoms with E-state index in [0.717, 1.165) is 0 Å². The molecular formula is C16H13ClN2O6. The van der Waals surface area contributed by atoms with Gasteiger partial charge in [-0.3, -0.25) is 14.9 Å². The number of alkyl halides is 1. The van der Waals surface area contributed by atoms with E-state index in [0.29, 0.717) is 22.9 Å². The monoisotopic (exact) mass is 364 g/mol. The molecule has 4 aromatic rings. The molecule has 2 heterocycles. The normalized spacial score (nSPS) is 10.3. The number of hydrogen-bond acceptors (Lipinski definition) is 5. The molecule has 2 aromatic carbocycles. The van der Waals surface area contributed by atoms with Crippen LogP contribution >= 0.6 is 11.6 Å². The van der Waals surface area contributed by atoms with Gasteiger partial charge < -0.3 is 15.2 Å². The highest BCUT2D eigenvalue weighted by molar-refractivity contribution is 6.18. The molecule has 2 aromatic heterocycles. The molecule has 0 aliphatic rings. The summed E-state index contributed by atoms with van der Waals surface area (Å²) in [5.74, 6) is -0.943. The van der Waals surface area contributed by atoms with Crippen LogP contribution in [0, 0.1) is 10.1 Å². The molecule has 0 fully saturated rings. The first kappa shape index (κ1) is 18.2. The second-order valence-electron chi connectivity index (χ2n) is 5.00. The van der Waals surface area contributed by atoms with E-state index in [4.69, 9.17) is 21.8 Å². The van der Waals surface area contributed by atoms with E-state index in [1.807, 2.05) is 0 Å². The van der Waals surface area contributed by atoms with E-state index in [9.17, 15) is 19.7 Å². The first-order valence-corrected chi connectivity index (χ1v) is 7.58. The summed E-state index contributed by atoms with van der Waals surface area (Å²) >= 11 is 5.48. The van der Waals surface area contributed by atoms with E-state index in [1.54, 1.807) is 12.1 Å². The number of fused-ring (bicyclic) bond motifs is 3. The van der Waals surface area contributed by atoms with E-state index in [-0.39, 0.29) is 22.8 Å². The molecule has 25 heavy (non-hydrogen) atoms. The molecule has 2 bridgehead atoms. The van der Waals surface area contributed by atoms with Crippen molar-refractivity contribution in [3.63, 3.8) is 0 Å². The Bertz CT molecular complexity index is 969. The Morgan fingerprint density at radius 2 is 2.00 bits per heavy atom. The number of halogens is 1. The van der Waals surface area contributed by atoms with Gasteiger partial charge in [0.2, 0.25) is 0 Å². The number of phenols is 1. The number of rotatable bonds is 4. The largest absolute Gasteiger partial charge is 0.506 e. The molecule has 0 radical (unpaired) electrons. The first-order chi connectivity index (χ1) is 11.8. The summed E-state index contributed by atoms with van der Waals surface area (Å²) in [6.45, 7) is 0. The zero-order chi connectivity index (χ0) is 18.6. The summed E-state index contributed by atoms with van der Waals surface area (Å²) in [6, 6.07) is 8.95. The van der Waals surface area contributed by atoms with E-state index in [1.165, 1.54) is 24.3 Å². The Hall–Kier alpha value is -3.13. The van der Waals surface area contributed by atoms with Crippen molar-refractivity contribution in [2.75, 3.05) is 5.88 Å². The van der Waals surface area contributed by atoms with Crippen molar-refractivity contribution in [3.05, 3.63) is 68.0 Å². The van der Waals surface area contributed by atoms with E-state index >= 15 is 0 Å². The summed E-state index contributed by atoms with van der Waals surface area (Å²) in [5, 5.41) is 29.0. The van der Waals surface area contributed by atoms with Crippen LogP contribution in [0.4, 0.5) is 5.69 Å². The predicted octanol–water partition coefficient (Wildman–Crippen LogP) is 2.75. The number of nitrogens with zero attached hydrogens (tertiary/aromatic N) is 1. The number of H-pyrrole nitrogens is 1. The van der Waals surface area contributed by atoms with Crippen molar-refractivity contribution in [1.29, 1.82) is 0 Å². The number of carboxylic acids is 1. The van der Waals surface area contributed by atoms with E-state index < -0.39 is 16.6 Å². The average molecular weight is 365 g/mol. The number of aromatic hydroxyl groups is 1. The number of nitro groups is 1. The SMILES string of the molecule is O=C(O)c1c(CCCl)cccc1[N+](=O)[O-].O=c1[nH]c2ccc1cc2O. The van der Waals surface area contributed by atoms with Crippen molar-refractivity contribution in [2.45, 2.75) is 6.42 Å². The quantitative estimate of drug-likeness (QED) is 0.370. The predicted molar refractivity (Wildman–Crippen MR) is 91.9 cm³/mol. The number of carbonyl (C=O) groups is 1. The maximum atomic E-state index is 10.9. The molecule has 0 atom stereocenters. The van der Waals surface area contributed by atoms with Crippen molar-refractivity contribution < 1.29 is 19.9 Å². The van der Waals surface area contributed by atoms with Gasteiger partial charge in [-0.2, -0.15) is 0 Å². The number of benzene rings is 2. The van der Waals surface area contributed by atoms with Gasteiger partial charge in [0.05, 0.1) is 10.4 Å². The summed E-state index contributed by atoms with van der Waals surface area (Å²) in [7, 11) is 0. The van der Waals surface area contributed by atoms with Crippen molar-refractivity contribution >= 4 is 34.2 Å². The summed E-state index contributed by atoms with van der Waals surface area (Å²) < 4.78 is 0. The number of aromatic nitrogens is 1. The van der Waals surface area contributed by atoms with Gasteiger partial charge in [0.15, 0.2) is 0 Å². The van der Waals surface area contributed by atoms with E-state index in [2.05, 4.69) is 4.98 Å². The Balaban J connectivity index is 0.000000194. The highest BCUT2D eigenvalue weighted by atomic mass is 35.5. The third-order valence-corrected chi connectivity index (χ3v) is 3.60. The Morgan fingerprint density at radius 1 is 1.28 bits per heavy atom. The van der Waals surface area contributed by atoms with Crippen molar-refractivity contribution in [2.24, 2.45) is 0 Å². The molecule has 0 spiro atoms. The van der Waals surface area contributed by atoms with Gasteiger partial charge in [-0.25, -0.2) is 4.79 Å². The Kier molecular flexibility index (Phi) is 5.56. The van der Waals surface area contributed by atoms with Gasteiger partial charge in [-0.15, -0.1) is 11.6 Å². The van der Waals surface area contributed by atoms with Crippen LogP contribution in [0.1, 0.15) is 15.9 Å². The lowest BCUT2D eigenvalue weighted by atomic mass is 10.0. The molecule has 0 saturated carbocycles. The number of aromatic carboxylic acids is 1. The molecule has 4 rings (SSSR count). The fraction of sp³-hybridized carbons (Fsp3) is 0.125. The number of carboxylic acid groups (broad SMARTS) is 1. The zero-order valence-corrected chi connectivity index (χ0v) is 13.5. The van der Waals surface area contributed by atoms with Gasteiger partial charge in [-0.05, 0) is 30.2 Å². The van der Waals surface area contributed by atoms with Gasteiger partial charge in [0.25, 0.3) is 11.2 Å². The lowest BCUT2D eigenvalue weighted by Crippen LogP contribution is -2.07. The fourth-order valence-electron chi connectivity index (χ4n) is 2.27.